The highest BCUT2D eigenvalue weighted by atomic mass is 35.5. The molecule has 5 nitrogen and oxygen atoms in total. The molecule has 17 heavy (non-hydrogen) atoms. The lowest BCUT2D eigenvalue weighted by Gasteiger charge is -2.07. The first-order chi connectivity index (χ1) is 8.27. The van der Waals surface area contributed by atoms with E-state index in [0.29, 0.717) is 23.0 Å². The highest BCUT2D eigenvalue weighted by Crippen LogP contribution is 2.29. The molecule has 6 heteroatoms. The monoisotopic (exact) mass is 253 g/mol. The molecule has 1 heterocycles. The van der Waals surface area contributed by atoms with E-state index in [1.807, 2.05) is 18.2 Å². The third kappa shape index (κ3) is 2.31. The summed E-state index contributed by atoms with van der Waals surface area (Å²) in [6, 6.07) is 7.26. The van der Waals surface area contributed by atoms with Crippen LogP contribution in [-0.4, -0.2) is 31.8 Å². The van der Waals surface area contributed by atoms with Gasteiger partial charge in [-0.25, -0.2) is 4.68 Å². The topological polar surface area (TPSA) is 71.2 Å². The van der Waals surface area contributed by atoms with Crippen LogP contribution in [-0.2, 0) is 13.2 Å². The number of hydrogen-bond acceptors (Lipinski definition) is 4. The maximum atomic E-state index is 9.23. The summed E-state index contributed by atoms with van der Waals surface area (Å²) in [5, 5.41) is 26.5. The van der Waals surface area contributed by atoms with Crippen LogP contribution >= 0.6 is 11.6 Å². The van der Waals surface area contributed by atoms with Gasteiger partial charge in [-0.1, -0.05) is 35.0 Å². The first-order valence-electron chi connectivity index (χ1n) is 5.17. The minimum Gasteiger partial charge on any atom is -0.394 e. The molecule has 90 valence electrons. The van der Waals surface area contributed by atoms with Gasteiger partial charge in [-0.3, -0.25) is 0 Å². The summed E-state index contributed by atoms with van der Waals surface area (Å²) in [7, 11) is 0. The maximum Gasteiger partial charge on any atom is 0.116 e. The van der Waals surface area contributed by atoms with Crippen LogP contribution in [0.3, 0.4) is 0 Å². The van der Waals surface area contributed by atoms with Crippen molar-refractivity contribution in [3.05, 3.63) is 35.0 Å². The summed E-state index contributed by atoms with van der Waals surface area (Å²) < 4.78 is 1.53. The molecule has 0 aliphatic heterocycles. The summed E-state index contributed by atoms with van der Waals surface area (Å²) in [4.78, 5) is 0. The van der Waals surface area contributed by atoms with Crippen LogP contribution in [0.5, 0.6) is 0 Å². The molecule has 2 N–H and O–H groups in total. The standard InChI is InChI=1S/C11H12ClN3O2/c12-9-4-2-1-3-8(9)11-10(7-17)13-14-15(11)5-6-16/h1-4,16-17H,5-7H2. The Kier molecular flexibility index (Phi) is 3.73. The van der Waals surface area contributed by atoms with E-state index in [4.69, 9.17) is 16.7 Å². The maximum absolute atomic E-state index is 9.23. The average molecular weight is 254 g/mol. The molecule has 0 saturated carbocycles. The van der Waals surface area contributed by atoms with E-state index in [0.717, 1.165) is 5.56 Å². The number of benzene rings is 1. The van der Waals surface area contributed by atoms with E-state index >= 15 is 0 Å². The minimum atomic E-state index is -0.216. The lowest BCUT2D eigenvalue weighted by molar-refractivity contribution is 0.268. The minimum absolute atomic E-state index is 0.0499. The molecule has 1 aromatic carbocycles. The molecule has 0 saturated heterocycles. The number of halogens is 1. The van der Waals surface area contributed by atoms with Crippen molar-refractivity contribution in [3.63, 3.8) is 0 Å². The molecule has 0 fully saturated rings. The zero-order chi connectivity index (χ0) is 12.3. The Hall–Kier alpha value is -1.43. The van der Waals surface area contributed by atoms with Crippen LogP contribution < -0.4 is 0 Å². The highest BCUT2D eigenvalue weighted by Gasteiger charge is 2.16. The van der Waals surface area contributed by atoms with Crippen molar-refractivity contribution < 1.29 is 10.2 Å². The number of aliphatic hydroxyl groups is 2. The summed E-state index contributed by atoms with van der Waals surface area (Å²) >= 11 is 6.10. The fourth-order valence-electron chi connectivity index (χ4n) is 1.65. The molecule has 0 unspecified atom stereocenters. The van der Waals surface area contributed by atoms with Gasteiger partial charge < -0.3 is 10.2 Å². The van der Waals surface area contributed by atoms with Crippen molar-refractivity contribution in [2.75, 3.05) is 6.61 Å². The van der Waals surface area contributed by atoms with Gasteiger partial charge in [0.05, 0.1) is 30.5 Å². The smallest absolute Gasteiger partial charge is 0.116 e. The van der Waals surface area contributed by atoms with Gasteiger partial charge >= 0.3 is 0 Å². The third-order valence-corrected chi connectivity index (χ3v) is 2.72. The molecule has 0 atom stereocenters. The van der Waals surface area contributed by atoms with Crippen molar-refractivity contribution in [2.24, 2.45) is 0 Å². The van der Waals surface area contributed by atoms with Gasteiger partial charge in [0.2, 0.25) is 0 Å². The molecular weight excluding hydrogens is 242 g/mol. The number of hydrogen-bond donors (Lipinski definition) is 2. The van der Waals surface area contributed by atoms with Crippen LogP contribution in [0.4, 0.5) is 0 Å². The molecule has 2 aromatic rings. The van der Waals surface area contributed by atoms with Gasteiger partial charge in [0, 0.05) is 5.56 Å². The van der Waals surface area contributed by atoms with Crippen molar-refractivity contribution in [2.45, 2.75) is 13.2 Å². The fraction of sp³-hybridized carbons (Fsp3) is 0.273. The molecule has 0 aliphatic rings. The fourth-order valence-corrected chi connectivity index (χ4v) is 1.88. The lowest BCUT2D eigenvalue weighted by atomic mass is 10.1. The van der Waals surface area contributed by atoms with Crippen molar-refractivity contribution >= 4 is 11.6 Å². The largest absolute Gasteiger partial charge is 0.394 e. The summed E-state index contributed by atoms with van der Waals surface area (Å²) in [5.41, 5.74) is 1.84. The quantitative estimate of drug-likeness (QED) is 0.856. The molecule has 0 spiro atoms. The normalized spacial score (nSPS) is 10.8. The Labute approximate surface area is 103 Å². The molecule has 1 aromatic heterocycles. The number of aromatic nitrogens is 3. The van der Waals surface area contributed by atoms with E-state index in [9.17, 15) is 5.11 Å². The average Bonchev–Trinajstić information content (AvgIpc) is 2.73. The highest BCUT2D eigenvalue weighted by molar-refractivity contribution is 6.33. The van der Waals surface area contributed by atoms with E-state index in [1.54, 1.807) is 6.07 Å². The molecule has 2 rings (SSSR count). The molecule has 0 amide bonds. The summed E-state index contributed by atoms with van der Waals surface area (Å²) in [6.07, 6.45) is 0. The zero-order valence-corrected chi connectivity index (χ0v) is 9.80. The third-order valence-electron chi connectivity index (χ3n) is 2.40. The Morgan fingerprint density at radius 2 is 2.00 bits per heavy atom. The van der Waals surface area contributed by atoms with Crippen LogP contribution in [0.1, 0.15) is 5.69 Å². The van der Waals surface area contributed by atoms with Crippen molar-refractivity contribution in [1.29, 1.82) is 0 Å². The Bertz CT molecular complexity index is 513. The summed E-state index contributed by atoms with van der Waals surface area (Å²) in [6.45, 7) is 0.0468. The second-order valence-corrected chi connectivity index (χ2v) is 3.88. The Morgan fingerprint density at radius 3 is 2.65 bits per heavy atom. The van der Waals surface area contributed by atoms with Gasteiger partial charge in [0.1, 0.15) is 5.69 Å². The van der Waals surface area contributed by atoms with Crippen LogP contribution in [0.2, 0.25) is 5.02 Å². The molecule has 0 aliphatic carbocycles. The Balaban J connectivity index is 2.56. The van der Waals surface area contributed by atoms with Crippen molar-refractivity contribution in [1.82, 2.24) is 15.0 Å². The molecule has 0 bridgehead atoms. The van der Waals surface area contributed by atoms with Gasteiger partial charge in [-0.2, -0.15) is 0 Å². The number of nitrogens with zero attached hydrogens (tertiary/aromatic N) is 3. The van der Waals surface area contributed by atoms with Crippen molar-refractivity contribution in [3.8, 4) is 11.3 Å². The lowest BCUT2D eigenvalue weighted by Crippen LogP contribution is -2.06. The van der Waals surface area contributed by atoms with Crippen LogP contribution in [0, 0.1) is 0 Å². The summed E-state index contributed by atoms with van der Waals surface area (Å²) in [5.74, 6) is 0. The van der Waals surface area contributed by atoms with Gasteiger partial charge in [0.15, 0.2) is 0 Å². The van der Waals surface area contributed by atoms with E-state index in [2.05, 4.69) is 10.3 Å². The van der Waals surface area contributed by atoms with Crippen LogP contribution in [0.15, 0.2) is 24.3 Å². The first kappa shape index (κ1) is 12.0. The second kappa shape index (κ2) is 5.27. The number of rotatable bonds is 4. The van der Waals surface area contributed by atoms with Gasteiger partial charge in [-0.05, 0) is 6.07 Å². The van der Waals surface area contributed by atoms with E-state index < -0.39 is 0 Å². The van der Waals surface area contributed by atoms with Gasteiger partial charge in [-0.15, -0.1) is 5.10 Å². The molecule has 0 radical (unpaired) electrons. The predicted octanol–water partition coefficient (Wildman–Crippen LogP) is 1.08. The van der Waals surface area contributed by atoms with E-state index in [-0.39, 0.29) is 13.2 Å². The van der Waals surface area contributed by atoms with E-state index in [1.165, 1.54) is 4.68 Å². The van der Waals surface area contributed by atoms with Gasteiger partial charge in [0.25, 0.3) is 0 Å². The zero-order valence-electron chi connectivity index (χ0n) is 9.04. The van der Waals surface area contributed by atoms with Crippen LogP contribution in [0.25, 0.3) is 11.3 Å². The predicted molar refractivity (Wildman–Crippen MR) is 63.5 cm³/mol. The second-order valence-electron chi connectivity index (χ2n) is 3.47. The first-order valence-corrected chi connectivity index (χ1v) is 5.54. The number of aliphatic hydroxyl groups excluding tert-OH is 2. The molecular formula is C11H12ClN3O2. The Morgan fingerprint density at radius 1 is 1.24 bits per heavy atom. The SMILES string of the molecule is OCCn1nnc(CO)c1-c1ccccc1Cl.